The van der Waals surface area contributed by atoms with E-state index in [2.05, 4.69) is 80.7 Å². The van der Waals surface area contributed by atoms with Gasteiger partial charge < -0.3 is 50.7 Å². The minimum atomic E-state index is -3.24. The number of anilines is 4. The standard InChI is InChI=1S/C22H18F4N6O3.C21H18F4N6O4.C21H17F4N5O4/c1-22(19(33)28-11-5-6-11)12-8-27-18(29-17(12)30-20(22)34)14-7-15(35-21(25)26)32(31-14)9-10-3-2-4-13(23)16(10)24;1-3-34-19(33)21(2)13-15(26)27-16(28-17(13)29-18(21)32)11-7-12(35-20(24)25)31(30-11)8-9-5-4-6-10(22)14(9)23;1-3-33-19(32)21(2)11-8-26-17(27-16(11)28-18(21)31)13-7-14(34-20(24)25)30(29-13)9-10-5-4-6-12(22)15(10)23/h2-4,7-8,11,21H,5-6,9H2,1H3,(H,28,33)(H,27,29,30,34);4-7,20H,3,8H2,1-2H3,(H3,26,27,28,29,32);4-8,20H,3,9H2,1-2H3,(H,26,27,28,31). The molecule has 4 amide bonds. The van der Waals surface area contributed by atoms with Crippen LogP contribution in [0.1, 0.15) is 80.8 Å². The van der Waals surface area contributed by atoms with Crippen molar-refractivity contribution in [3.05, 3.63) is 153 Å². The topological polar surface area (TPSA) is 354 Å². The van der Waals surface area contributed by atoms with Crippen LogP contribution in [-0.2, 0) is 74.1 Å². The Balaban J connectivity index is 0.000000156. The summed E-state index contributed by atoms with van der Waals surface area (Å²) >= 11 is 0. The third-order valence-corrected chi connectivity index (χ3v) is 16.5. The fourth-order valence-corrected chi connectivity index (χ4v) is 10.8. The van der Waals surface area contributed by atoms with Gasteiger partial charge in [0, 0.05) is 64.5 Å². The lowest BCUT2D eigenvalue weighted by molar-refractivity contribution is -0.153. The molecule has 4 aliphatic rings. The Hall–Kier alpha value is -12.3. The number of alkyl halides is 6. The van der Waals surface area contributed by atoms with E-state index < -0.39 is 144 Å². The molecule has 3 aliphatic heterocycles. The summed E-state index contributed by atoms with van der Waals surface area (Å²) in [7, 11) is 0. The molecule has 9 heterocycles. The van der Waals surface area contributed by atoms with E-state index in [-0.39, 0.29) is 110 Å². The van der Waals surface area contributed by atoms with Crippen molar-refractivity contribution in [1.82, 2.24) is 64.6 Å². The Morgan fingerprint density at radius 3 is 1.28 bits per heavy atom. The molecule has 28 nitrogen and oxygen atoms in total. The maximum Gasteiger partial charge on any atom is 0.388 e. The number of amides is 4. The van der Waals surface area contributed by atoms with E-state index in [4.69, 9.17) is 15.2 Å². The van der Waals surface area contributed by atoms with E-state index in [0.717, 1.165) is 63.3 Å². The number of hydrogen-bond acceptors (Lipinski definition) is 21. The van der Waals surface area contributed by atoms with E-state index in [1.807, 2.05) is 0 Å². The van der Waals surface area contributed by atoms with E-state index in [0.29, 0.717) is 0 Å². The number of nitrogen functional groups attached to an aromatic ring is 1. The molecule has 0 radical (unpaired) electrons. The molecule has 6 N–H and O–H groups in total. The van der Waals surface area contributed by atoms with Crippen LogP contribution in [0.3, 0.4) is 0 Å². The number of aromatic nitrogens is 12. The second-order valence-electron chi connectivity index (χ2n) is 23.3. The number of hydrogen-bond donors (Lipinski definition) is 5. The van der Waals surface area contributed by atoms with Crippen LogP contribution in [0.2, 0.25) is 0 Å². The van der Waals surface area contributed by atoms with Crippen molar-refractivity contribution < 1.29 is 105 Å². The van der Waals surface area contributed by atoms with E-state index in [9.17, 15) is 81.5 Å². The summed E-state index contributed by atoms with van der Waals surface area (Å²) in [4.78, 5) is 100. The van der Waals surface area contributed by atoms with Crippen LogP contribution in [0.25, 0.3) is 34.6 Å². The molecule has 13 rings (SSSR count). The first kappa shape index (κ1) is 72.9. The number of esters is 2. The van der Waals surface area contributed by atoms with Gasteiger partial charge in [-0.3, -0.25) is 28.8 Å². The zero-order valence-electron chi connectivity index (χ0n) is 54.3. The molecule has 1 saturated carbocycles. The summed E-state index contributed by atoms with van der Waals surface area (Å²) in [6.45, 7) is -3.56. The van der Waals surface area contributed by atoms with Gasteiger partial charge in [0.25, 0.3) is 0 Å². The molecule has 3 atom stereocenters. The van der Waals surface area contributed by atoms with Gasteiger partial charge in [-0.15, -0.1) is 0 Å². The molecule has 0 saturated heterocycles. The smallest absolute Gasteiger partial charge is 0.388 e. The van der Waals surface area contributed by atoms with Gasteiger partial charge >= 0.3 is 31.8 Å². The van der Waals surface area contributed by atoms with Gasteiger partial charge in [0.2, 0.25) is 41.3 Å². The molecular weight excluding hydrogens is 1410 g/mol. The summed E-state index contributed by atoms with van der Waals surface area (Å²) in [5.74, 6) is -12.8. The lowest BCUT2D eigenvalue weighted by Crippen LogP contribution is -2.47. The molecule has 1 aliphatic carbocycles. The van der Waals surface area contributed by atoms with Crippen LogP contribution < -0.4 is 41.2 Å². The highest BCUT2D eigenvalue weighted by Crippen LogP contribution is 2.44. The van der Waals surface area contributed by atoms with Gasteiger partial charge in [-0.25, -0.2) is 70.3 Å². The number of nitrogens with one attached hydrogen (secondary N) is 4. The number of carbonyl (C=O) groups is 6. The largest absolute Gasteiger partial charge is 0.465 e. The number of rotatable bonds is 21. The van der Waals surface area contributed by atoms with E-state index >= 15 is 0 Å². The normalized spacial score (nSPS) is 17.6. The zero-order valence-corrected chi connectivity index (χ0v) is 54.3. The Bertz CT molecular complexity index is 4910. The predicted octanol–water partition coefficient (Wildman–Crippen LogP) is 8.42. The van der Waals surface area contributed by atoms with Crippen LogP contribution in [0.5, 0.6) is 17.6 Å². The molecular formula is C64H53F12N17O11. The predicted molar refractivity (Wildman–Crippen MR) is 333 cm³/mol. The van der Waals surface area contributed by atoms with Gasteiger partial charge in [-0.05, 0) is 65.7 Å². The first-order valence-corrected chi connectivity index (χ1v) is 30.8. The van der Waals surface area contributed by atoms with Crippen LogP contribution in [0.4, 0.5) is 76.0 Å². The molecule has 544 valence electrons. The number of nitrogens with two attached hydrogens (primary N) is 1. The first-order chi connectivity index (χ1) is 49.4. The van der Waals surface area contributed by atoms with E-state index in [1.165, 1.54) is 69.6 Å². The molecule has 40 heteroatoms. The molecule has 6 aromatic heterocycles. The lowest BCUT2D eigenvalue weighted by Gasteiger charge is -2.20. The minimum absolute atomic E-state index is 0.00461. The Labute approximate surface area is 576 Å². The van der Waals surface area contributed by atoms with Crippen molar-refractivity contribution in [2.45, 2.75) is 109 Å². The van der Waals surface area contributed by atoms with Crippen molar-refractivity contribution in [3.8, 4) is 52.2 Å². The van der Waals surface area contributed by atoms with Crippen LogP contribution in [0, 0.1) is 34.9 Å². The molecule has 104 heavy (non-hydrogen) atoms. The summed E-state index contributed by atoms with van der Waals surface area (Å²) in [5, 5.41) is 22.5. The molecule has 3 aromatic carbocycles. The molecule has 1 fully saturated rings. The Kier molecular flexibility index (Phi) is 20.3. The summed E-state index contributed by atoms with van der Waals surface area (Å²) < 4.78 is 187. The van der Waals surface area contributed by atoms with Crippen LogP contribution in [0.15, 0.2) is 85.2 Å². The number of carbonyl (C=O) groups excluding carboxylic acids is 6. The summed E-state index contributed by atoms with van der Waals surface area (Å²) in [6.07, 6.45) is 4.21. The van der Waals surface area contributed by atoms with E-state index in [1.54, 1.807) is 13.8 Å². The number of fused-ring (bicyclic) bond motifs is 3. The van der Waals surface area contributed by atoms with Crippen molar-refractivity contribution in [2.75, 3.05) is 34.9 Å². The van der Waals surface area contributed by atoms with Crippen LogP contribution in [-0.4, -0.2) is 134 Å². The highest BCUT2D eigenvalue weighted by molar-refractivity contribution is 6.21. The number of nitrogens with zero attached hydrogens (tertiary/aromatic N) is 12. The lowest BCUT2D eigenvalue weighted by atomic mass is 9.84. The summed E-state index contributed by atoms with van der Waals surface area (Å²) in [5.41, 5.74) is 0.811. The maximum atomic E-state index is 14.1. The quantitative estimate of drug-likeness (QED) is 0.0256. The SMILES string of the molecule is CC1(C(=O)NC2CC2)C(=O)Nc2nc(-c3cc(OC(F)F)n(Cc4cccc(F)c4F)n3)ncc21.CCOC(=O)C1(C)C(=O)Nc2nc(-c3cc(OC(F)F)n(Cc4cccc(F)c4F)n3)nc(N)c21.CCOC(=O)C1(C)C(=O)Nc2nc(-c3cc(OC(F)F)n(Cc4cccc(F)c4F)n3)ncc21. The molecule has 0 bridgehead atoms. The minimum Gasteiger partial charge on any atom is -0.465 e. The second kappa shape index (κ2) is 29.0. The monoisotopic (exact) mass is 1460 g/mol. The number of halogens is 12. The average molecular weight is 1460 g/mol. The average Bonchev–Trinajstić information content (AvgIpc) is 1.11. The van der Waals surface area contributed by atoms with Crippen molar-refractivity contribution >= 4 is 58.8 Å². The van der Waals surface area contributed by atoms with Crippen molar-refractivity contribution in [2.24, 2.45) is 0 Å². The van der Waals surface area contributed by atoms with Crippen LogP contribution >= 0.6 is 0 Å². The van der Waals surface area contributed by atoms with Crippen molar-refractivity contribution in [3.63, 3.8) is 0 Å². The fraction of sp³-hybridized carbons (Fsp3) is 0.297. The molecule has 3 unspecified atom stereocenters. The third-order valence-electron chi connectivity index (χ3n) is 16.5. The zero-order chi connectivity index (χ0) is 75.0. The fourth-order valence-electron chi connectivity index (χ4n) is 10.8. The highest BCUT2D eigenvalue weighted by atomic mass is 19.3. The summed E-state index contributed by atoms with van der Waals surface area (Å²) in [6, 6.07) is 13.6. The second-order valence-corrected chi connectivity index (χ2v) is 23.3. The number of benzene rings is 3. The van der Waals surface area contributed by atoms with Gasteiger partial charge in [0.1, 0.15) is 40.4 Å². The first-order valence-electron chi connectivity index (χ1n) is 30.8. The highest BCUT2D eigenvalue weighted by Gasteiger charge is 2.55. The molecule has 0 spiro atoms. The van der Waals surface area contributed by atoms with Gasteiger partial charge in [-0.2, -0.15) is 41.6 Å². The van der Waals surface area contributed by atoms with Gasteiger partial charge in [0.05, 0.1) is 38.4 Å². The Morgan fingerprint density at radius 2 is 0.885 bits per heavy atom. The molecule has 9 aromatic rings. The number of ether oxygens (including phenoxy) is 5. The third kappa shape index (κ3) is 14.2. The van der Waals surface area contributed by atoms with Gasteiger partial charge in [0.15, 0.2) is 68.6 Å². The Morgan fingerprint density at radius 1 is 0.529 bits per heavy atom. The maximum absolute atomic E-state index is 14.1. The van der Waals surface area contributed by atoms with Crippen molar-refractivity contribution in [1.29, 1.82) is 0 Å². The van der Waals surface area contributed by atoms with Gasteiger partial charge in [-0.1, -0.05) is 36.4 Å².